The first kappa shape index (κ1) is 10.7. The third-order valence-electron chi connectivity index (χ3n) is 2.75. The zero-order chi connectivity index (χ0) is 9.84. The molecule has 2 atom stereocenters. The molecule has 1 fully saturated rings. The van der Waals surface area contributed by atoms with Gasteiger partial charge in [0.15, 0.2) is 0 Å². The summed E-state index contributed by atoms with van der Waals surface area (Å²) < 4.78 is 0. The molecule has 0 saturated carbocycles. The Bertz CT molecular complexity index is 170. The molecule has 2 unspecified atom stereocenters. The van der Waals surface area contributed by atoms with E-state index in [9.17, 15) is 0 Å². The van der Waals surface area contributed by atoms with E-state index < -0.39 is 0 Å². The van der Waals surface area contributed by atoms with Gasteiger partial charge in [-0.05, 0) is 14.0 Å². The molecule has 0 bridgehead atoms. The van der Waals surface area contributed by atoms with Crippen LogP contribution in [0.2, 0.25) is 0 Å². The van der Waals surface area contributed by atoms with Crippen molar-refractivity contribution in [3.8, 4) is 0 Å². The molecule has 1 heterocycles. The zero-order valence-corrected chi connectivity index (χ0v) is 8.74. The molecule has 0 aliphatic carbocycles. The van der Waals surface area contributed by atoms with Crippen LogP contribution >= 0.6 is 0 Å². The summed E-state index contributed by atoms with van der Waals surface area (Å²) in [6, 6.07) is 1.08. The highest BCUT2D eigenvalue weighted by Crippen LogP contribution is 2.13. The lowest BCUT2D eigenvalue weighted by molar-refractivity contribution is 0.0579. The summed E-state index contributed by atoms with van der Waals surface area (Å²) in [7, 11) is 2.16. The van der Waals surface area contributed by atoms with Crippen LogP contribution in [-0.4, -0.2) is 55.1 Å². The normalized spacial score (nSPS) is 31.9. The SMILES string of the molecule is C=CCN1C(C)CN(C)CC1CN. The highest BCUT2D eigenvalue weighted by atomic mass is 15.3. The molecule has 0 aromatic carbocycles. The van der Waals surface area contributed by atoms with Crippen molar-refractivity contribution in [1.82, 2.24) is 9.80 Å². The van der Waals surface area contributed by atoms with Crippen molar-refractivity contribution >= 4 is 0 Å². The van der Waals surface area contributed by atoms with Crippen LogP contribution in [0.3, 0.4) is 0 Å². The zero-order valence-electron chi connectivity index (χ0n) is 8.74. The van der Waals surface area contributed by atoms with E-state index in [1.807, 2.05) is 6.08 Å². The molecule has 76 valence electrons. The lowest BCUT2D eigenvalue weighted by atomic mass is 10.1. The molecule has 3 heteroatoms. The third-order valence-corrected chi connectivity index (χ3v) is 2.75. The monoisotopic (exact) mass is 183 g/mol. The number of nitrogens with zero attached hydrogens (tertiary/aromatic N) is 2. The van der Waals surface area contributed by atoms with Gasteiger partial charge in [0.2, 0.25) is 0 Å². The molecule has 0 aromatic heterocycles. The number of hydrogen-bond donors (Lipinski definition) is 1. The Balaban J connectivity index is 2.59. The Kier molecular flexibility index (Phi) is 3.90. The van der Waals surface area contributed by atoms with Crippen molar-refractivity contribution in [2.45, 2.75) is 19.0 Å². The standard InChI is InChI=1S/C10H21N3/c1-4-5-13-9(2)7-12(3)8-10(13)6-11/h4,9-10H,1,5-8,11H2,2-3H3. The van der Waals surface area contributed by atoms with Gasteiger partial charge in [0.05, 0.1) is 0 Å². The highest BCUT2D eigenvalue weighted by Gasteiger charge is 2.28. The summed E-state index contributed by atoms with van der Waals surface area (Å²) in [5, 5.41) is 0. The Hall–Kier alpha value is -0.380. The van der Waals surface area contributed by atoms with E-state index in [-0.39, 0.29) is 0 Å². The molecule has 0 aromatic rings. The van der Waals surface area contributed by atoms with Crippen LogP contribution < -0.4 is 5.73 Å². The van der Waals surface area contributed by atoms with E-state index in [4.69, 9.17) is 5.73 Å². The Morgan fingerprint density at radius 3 is 2.77 bits per heavy atom. The van der Waals surface area contributed by atoms with E-state index in [1.165, 1.54) is 0 Å². The van der Waals surface area contributed by atoms with E-state index >= 15 is 0 Å². The molecule has 0 amide bonds. The van der Waals surface area contributed by atoms with Crippen molar-refractivity contribution in [2.75, 3.05) is 33.2 Å². The largest absolute Gasteiger partial charge is 0.329 e. The van der Waals surface area contributed by atoms with Gasteiger partial charge < -0.3 is 10.6 Å². The van der Waals surface area contributed by atoms with Crippen molar-refractivity contribution in [3.63, 3.8) is 0 Å². The first-order valence-electron chi connectivity index (χ1n) is 4.94. The number of likely N-dealkylation sites (N-methyl/N-ethyl adjacent to an activating group) is 1. The summed E-state index contributed by atoms with van der Waals surface area (Å²) in [5.41, 5.74) is 5.75. The van der Waals surface area contributed by atoms with Crippen LogP contribution in [0.15, 0.2) is 12.7 Å². The molecular weight excluding hydrogens is 162 g/mol. The smallest absolute Gasteiger partial charge is 0.0352 e. The lowest BCUT2D eigenvalue weighted by Gasteiger charge is -2.43. The molecule has 1 rings (SSSR count). The van der Waals surface area contributed by atoms with Gasteiger partial charge in [-0.15, -0.1) is 6.58 Å². The molecule has 0 radical (unpaired) electrons. The molecule has 2 N–H and O–H groups in total. The van der Waals surface area contributed by atoms with Gasteiger partial charge in [-0.2, -0.15) is 0 Å². The van der Waals surface area contributed by atoms with E-state index in [1.54, 1.807) is 0 Å². The van der Waals surface area contributed by atoms with Crippen LogP contribution in [0.5, 0.6) is 0 Å². The van der Waals surface area contributed by atoms with Gasteiger partial charge in [0.1, 0.15) is 0 Å². The topological polar surface area (TPSA) is 32.5 Å². The van der Waals surface area contributed by atoms with Gasteiger partial charge in [0, 0.05) is 38.3 Å². The first-order chi connectivity index (χ1) is 6.19. The van der Waals surface area contributed by atoms with Crippen LogP contribution in [0.1, 0.15) is 6.92 Å². The fraction of sp³-hybridized carbons (Fsp3) is 0.800. The van der Waals surface area contributed by atoms with Crippen molar-refractivity contribution in [3.05, 3.63) is 12.7 Å². The maximum Gasteiger partial charge on any atom is 0.0352 e. The van der Waals surface area contributed by atoms with E-state index in [2.05, 4.69) is 30.4 Å². The molecule has 1 aliphatic rings. The number of hydrogen-bond acceptors (Lipinski definition) is 3. The van der Waals surface area contributed by atoms with E-state index in [0.29, 0.717) is 12.1 Å². The maximum absolute atomic E-state index is 5.75. The summed E-state index contributed by atoms with van der Waals surface area (Å²) in [6.07, 6.45) is 1.96. The fourth-order valence-corrected chi connectivity index (χ4v) is 2.14. The fourth-order valence-electron chi connectivity index (χ4n) is 2.14. The minimum absolute atomic E-state index is 0.492. The molecule has 1 aliphatic heterocycles. The summed E-state index contributed by atoms with van der Waals surface area (Å²) in [6.45, 7) is 9.93. The quantitative estimate of drug-likeness (QED) is 0.632. The van der Waals surface area contributed by atoms with Crippen LogP contribution in [0.25, 0.3) is 0 Å². The van der Waals surface area contributed by atoms with Gasteiger partial charge >= 0.3 is 0 Å². The number of nitrogens with two attached hydrogens (primary N) is 1. The molecular formula is C10H21N3. The van der Waals surface area contributed by atoms with Crippen molar-refractivity contribution < 1.29 is 0 Å². The van der Waals surface area contributed by atoms with E-state index in [0.717, 1.165) is 26.2 Å². The third kappa shape index (κ3) is 2.53. The maximum atomic E-state index is 5.75. The average molecular weight is 183 g/mol. The summed E-state index contributed by atoms with van der Waals surface area (Å²) in [4.78, 5) is 4.79. The van der Waals surface area contributed by atoms with Crippen LogP contribution in [-0.2, 0) is 0 Å². The highest BCUT2D eigenvalue weighted by molar-refractivity contribution is 4.89. The predicted molar refractivity (Wildman–Crippen MR) is 56.7 cm³/mol. The minimum Gasteiger partial charge on any atom is -0.329 e. The average Bonchev–Trinajstić information content (AvgIpc) is 2.09. The second-order valence-corrected chi connectivity index (χ2v) is 3.95. The van der Waals surface area contributed by atoms with Gasteiger partial charge in [-0.1, -0.05) is 6.08 Å². The molecule has 1 saturated heterocycles. The van der Waals surface area contributed by atoms with Gasteiger partial charge in [0.25, 0.3) is 0 Å². The minimum atomic E-state index is 0.492. The van der Waals surface area contributed by atoms with Crippen molar-refractivity contribution in [1.29, 1.82) is 0 Å². The summed E-state index contributed by atoms with van der Waals surface area (Å²) in [5.74, 6) is 0. The molecule has 0 spiro atoms. The number of rotatable bonds is 3. The molecule has 3 nitrogen and oxygen atoms in total. The lowest BCUT2D eigenvalue weighted by Crippen LogP contribution is -2.58. The molecule has 13 heavy (non-hydrogen) atoms. The predicted octanol–water partition coefficient (Wildman–Crippen LogP) is 0.136. The van der Waals surface area contributed by atoms with Crippen LogP contribution in [0, 0.1) is 0 Å². The van der Waals surface area contributed by atoms with Gasteiger partial charge in [-0.3, -0.25) is 4.90 Å². The Morgan fingerprint density at radius 1 is 1.54 bits per heavy atom. The van der Waals surface area contributed by atoms with Crippen molar-refractivity contribution in [2.24, 2.45) is 5.73 Å². The second kappa shape index (κ2) is 4.74. The van der Waals surface area contributed by atoms with Gasteiger partial charge in [-0.25, -0.2) is 0 Å². The van der Waals surface area contributed by atoms with Crippen LogP contribution in [0.4, 0.5) is 0 Å². The second-order valence-electron chi connectivity index (χ2n) is 3.95. The first-order valence-corrected chi connectivity index (χ1v) is 4.94. The Labute approximate surface area is 81.2 Å². The summed E-state index contributed by atoms with van der Waals surface area (Å²) >= 11 is 0. The number of piperazine rings is 1. The Morgan fingerprint density at radius 2 is 2.23 bits per heavy atom.